The van der Waals surface area contributed by atoms with Crippen molar-refractivity contribution in [1.82, 2.24) is 4.98 Å². The van der Waals surface area contributed by atoms with Crippen LogP contribution in [-0.2, 0) is 0 Å². The standard InChI is InChI=1S/C15H12N2/c16-15-4-3-13-9-12(1-2-14(13)10-15)11-5-7-17-8-6-11/h1-10H,16H2. The number of nitrogens with two attached hydrogens (primary N) is 1. The van der Waals surface area contributed by atoms with Crippen LogP contribution in [0.15, 0.2) is 60.9 Å². The van der Waals surface area contributed by atoms with Crippen molar-refractivity contribution in [3.05, 3.63) is 60.9 Å². The molecule has 1 aromatic heterocycles. The van der Waals surface area contributed by atoms with E-state index >= 15 is 0 Å². The van der Waals surface area contributed by atoms with E-state index in [2.05, 4.69) is 29.2 Å². The fraction of sp³-hybridized carbons (Fsp3) is 0. The number of anilines is 1. The number of nitrogens with zero attached hydrogens (tertiary/aromatic N) is 1. The van der Waals surface area contributed by atoms with Crippen LogP contribution in [0.25, 0.3) is 21.9 Å². The molecule has 3 rings (SSSR count). The zero-order chi connectivity index (χ0) is 11.7. The third kappa shape index (κ3) is 1.85. The van der Waals surface area contributed by atoms with Crippen molar-refractivity contribution in [2.24, 2.45) is 0 Å². The van der Waals surface area contributed by atoms with Gasteiger partial charge in [0.15, 0.2) is 0 Å². The maximum atomic E-state index is 5.76. The van der Waals surface area contributed by atoms with Gasteiger partial charge in [0.2, 0.25) is 0 Å². The Kier molecular flexibility index (Phi) is 2.26. The van der Waals surface area contributed by atoms with E-state index in [0.29, 0.717) is 0 Å². The van der Waals surface area contributed by atoms with Crippen molar-refractivity contribution in [3.63, 3.8) is 0 Å². The van der Waals surface area contributed by atoms with Gasteiger partial charge in [-0.3, -0.25) is 4.98 Å². The summed E-state index contributed by atoms with van der Waals surface area (Å²) in [6.07, 6.45) is 3.62. The number of rotatable bonds is 1. The van der Waals surface area contributed by atoms with Gasteiger partial charge in [-0.15, -0.1) is 0 Å². The van der Waals surface area contributed by atoms with E-state index in [1.54, 1.807) is 0 Å². The first-order valence-electron chi connectivity index (χ1n) is 5.53. The number of benzene rings is 2. The Bertz CT molecular complexity index is 660. The molecule has 0 aliphatic carbocycles. The maximum Gasteiger partial charge on any atom is 0.0320 e. The summed E-state index contributed by atoms with van der Waals surface area (Å²) in [7, 11) is 0. The number of aromatic nitrogens is 1. The molecule has 2 N–H and O–H groups in total. The first kappa shape index (κ1) is 9.85. The smallest absolute Gasteiger partial charge is 0.0320 e. The lowest BCUT2D eigenvalue weighted by molar-refractivity contribution is 1.33. The molecule has 0 saturated carbocycles. The molecule has 0 spiro atoms. The van der Waals surface area contributed by atoms with Crippen LogP contribution in [0.4, 0.5) is 5.69 Å². The van der Waals surface area contributed by atoms with Gasteiger partial charge in [0.05, 0.1) is 0 Å². The maximum absolute atomic E-state index is 5.76. The molecule has 0 saturated heterocycles. The molecule has 0 atom stereocenters. The number of hydrogen-bond donors (Lipinski definition) is 1. The van der Waals surface area contributed by atoms with Crippen LogP contribution in [0.1, 0.15) is 0 Å². The lowest BCUT2D eigenvalue weighted by atomic mass is 10.0. The molecule has 3 aromatic rings. The van der Waals surface area contributed by atoms with Crippen LogP contribution in [0.3, 0.4) is 0 Å². The molecule has 0 amide bonds. The topological polar surface area (TPSA) is 38.9 Å². The Morgan fingerprint density at radius 2 is 1.41 bits per heavy atom. The highest BCUT2D eigenvalue weighted by Crippen LogP contribution is 2.25. The SMILES string of the molecule is Nc1ccc2cc(-c3ccncc3)ccc2c1. The summed E-state index contributed by atoms with van der Waals surface area (Å²) in [5.74, 6) is 0. The molecule has 0 radical (unpaired) electrons. The highest BCUT2D eigenvalue weighted by molar-refractivity contribution is 5.89. The molecule has 0 bridgehead atoms. The zero-order valence-electron chi connectivity index (χ0n) is 9.30. The highest BCUT2D eigenvalue weighted by Gasteiger charge is 1.99. The molecule has 2 aromatic carbocycles. The normalized spacial score (nSPS) is 10.6. The second-order valence-corrected chi connectivity index (χ2v) is 4.06. The van der Waals surface area contributed by atoms with Gasteiger partial charge in [-0.2, -0.15) is 0 Å². The van der Waals surface area contributed by atoms with Crippen molar-refractivity contribution in [1.29, 1.82) is 0 Å². The van der Waals surface area contributed by atoms with Crippen LogP contribution >= 0.6 is 0 Å². The summed E-state index contributed by atoms with van der Waals surface area (Å²) >= 11 is 0. The average molecular weight is 220 g/mol. The first-order valence-corrected chi connectivity index (χ1v) is 5.53. The molecule has 2 heteroatoms. The Labute approximate surface area is 99.7 Å². The summed E-state index contributed by atoms with van der Waals surface area (Å²) in [6.45, 7) is 0. The molecule has 1 heterocycles. The molecule has 0 fully saturated rings. The van der Waals surface area contributed by atoms with Gasteiger partial charge in [-0.1, -0.05) is 18.2 Å². The van der Waals surface area contributed by atoms with Gasteiger partial charge in [0, 0.05) is 18.1 Å². The van der Waals surface area contributed by atoms with Crippen molar-refractivity contribution < 1.29 is 0 Å². The monoisotopic (exact) mass is 220 g/mol. The lowest BCUT2D eigenvalue weighted by Crippen LogP contribution is -1.84. The summed E-state index contributed by atoms with van der Waals surface area (Å²) in [5.41, 5.74) is 8.94. The summed E-state index contributed by atoms with van der Waals surface area (Å²) in [4.78, 5) is 4.03. The van der Waals surface area contributed by atoms with Crippen molar-refractivity contribution in [3.8, 4) is 11.1 Å². The van der Waals surface area contributed by atoms with E-state index in [-0.39, 0.29) is 0 Å². The van der Waals surface area contributed by atoms with Crippen LogP contribution in [0, 0.1) is 0 Å². The van der Waals surface area contributed by atoms with Crippen LogP contribution < -0.4 is 5.73 Å². The summed E-state index contributed by atoms with van der Waals surface area (Å²) in [6, 6.07) is 16.4. The molecule has 2 nitrogen and oxygen atoms in total. The fourth-order valence-corrected chi connectivity index (χ4v) is 1.99. The second-order valence-electron chi connectivity index (χ2n) is 4.06. The number of hydrogen-bond acceptors (Lipinski definition) is 2. The molecule has 0 unspecified atom stereocenters. The van der Waals surface area contributed by atoms with E-state index in [0.717, 1.165) is 5.69 Å². The van der Waals surface area contributed by atoms with Gasteiger partial charge >= 0.3 is 0 Å². The second kappa shape index (κ2) is 3.91. The minimum Gasteiger partial charge on any atom is -0.399 e. The Morgan fingerprint density at radius 3 is 2.24 bits per heavy atom. The van der Waals surface area contributed by atoms with E-state index in [1.807, 2.05) is 36.7 Å². The molecule has 82 valence electrons. The fourth-order valence-electron chi connectivity index (χ4n) is 1.99. The number of nitrogen functional groups attached to an aromatic ring is 1. The summed E-state index contributed by atoms with van der Waals surface area (Å²) in [5, 5.41) is 2.37. The van der Waals surface area contributed by atoms with E-state index in [9.17, 15) is 0 Å². The third-order valence-electron chi connectivity index (χ3n) is 2.88. The van der Waals surface area contributed by atoms with Gasteiger partial charge in [-0.25, -0.2) is 0 Å². The predicted octanol–water partition coefficient (Wildman–Crippen LogP) is 3.48. The Morgan fingerprint density at radius 1 is 0.706 bits per heavy atom. The van der Waals surface area contributed by atoms with Gasteiger partial charge in [-0.05, 0) is 52.2 Å². The zero-order valence-corrected chi connectivity index (χ0v) is 9.30. The molecular weight excluding hydrogens is 208 g/mol. The van der Waals surface area contributed by atoms with Crippen LogP contribution in [-0.4, -0.2) is 4.98 Å². The molecular formula is C15H12N2. The van der Waals surface area contributed by atoms with E-state index in [4.69, 9.17) is 5.73 Å². The van der Waals surface area contributed by atoms with Crippen molar-refractivity contribution >= 4 is 16.5 Å². The third-order valence-corrected chi connectivity index (χ3v) is 2.88. The quantitative estimate of drug-likeness (QED) is 0.637. The first-order chi connectivity index (χ1) is 8.33. The summed E-state index contributed by atoms with van der Waals surface area (Å²) < 4.78 is 0. The molecule has 0 aliphatic rings. The largest absolute Gasteiger partial charge is 0.399 e. The minimum absolute atomic E-state index is 0.800. The molecule has 0 aliphatic heterocycles. The van der Waals surface area contributed by atoms with Crippen molar-refractivity contribution in [2.45, 2.75) is 0 Å². The number of fused-ring (bicyclic) bond motifs is 1. The van der Waals surface area contributed by atoms with Crippen LogP contribution in [0.2, 0.25) is 0 Å². The average Bonchev–Trinajstić information content (AvgIpc) is 2.39. The van der Waals surface area contributed by atoms with E-state index < -0.39 is 0 Å². The van der Waals surface area contributed by atoms with Gasteiger partial charge in [0.1, 0.15) is 0 Å². The van der Waals surface area contributed by atoms with Crippen molar-refractivity contribution in [2.75, 3.05) is 5.73 Å². The van der Waals surface area contributed by atoms with Gasteiger partial charge in [0.25, 0.3) is 0 Å². The highest BCUT2D eigenvalue weighted by atomic mass is 14.6. The lowest BCUT2D eigenvalue weighted by Gasteiger charge is -2.04. The molecule has 17 heavy (non-hydrogen) atoms. The Hall–Kier alpha value is -2.35. The van der Waals surface area contributed by atoms with Gasteiger partial charge < -0.3 is 5.73 Å². The predicted molar refractivity (Wildman–Crippen MR) is 71.6 cm³/mol. The number of pyridine rings is 1. The van der Waals surface area contributed by atoms with Crippen LogP contribution in [0.5, 0.6) is 0 Å². The Balaban J connectivity index is 2.17. The minimum atomic E-state index is 0.800. The van der Waals surface area contributed by atoms with E-state index in [1.165, 1.54) is 21.9 Å².